The third kappa shape index (κ3) is 5.03. The van der Waals surface area contributed by atoms with E-state index in [1.807, 2.05) is 24.3 Å². The zero-order valence-corrected chi connectivity index (χ0v) is 14.8. The van der Waals surface area contributed by atoms with Crippen molar-refractivity contribution in [3.63, 3.8) is 0 Å². The number of nitrogens with one attached hydrogen (secondary N) is 1. The van der Waals surface area contributed by atoms with Gasteiger partial charge in [0.1, 0.15) is 0 Å². The number of carbonyl (C=O) groups excluding carboxylic acids is 1. The number of carbonyl (C=O) groups is 1. The van der Waals surface area contributed by atoms with Crippen LogP contribution in [0.25, 0.3) is 0 Å². The SMILES string of the molecule is CC(C)(C)c1ccccc1C(=O)NC(CCCl)C(C)(C)C. The molecule has 0 fully saturated rings. The fourth-order valence-corrected chi connectivity index (χ4v) is 2.62. The number of amides is 1. The molecule has 21 heavy (non-hydrogen) atoms. The normalized spacial score (nSPS) is 13.9. The van der Waals surface area contributed by atoms with E-state index >= 15 is 0 Å². The summed E-state index contributed by atoms with van der Waals surface area (Å²) in [4.78, 5) is 12.7. The Bertz CT molecular complexity index is 483. The van der Waals surface area contributed by atoms with Gasteiger partial charge in [0.05, 0.1) is 0 Å². The molecule has 0 radical (unpaired) electrons. The lowest BCUT2D eigenvalue weighted by Crippen LogP contribution is -2.44. The highest BCUT2D eigenvalue weighted by atomic mass is 35.5. The molecule has 1 N–H and O–H groups in total. The first-order valence-electron chi connectivity index (χ1n) is 7.53. The van der Waals surface area contributed by atoms with E-state index in [1.54, 1.807) is 0 Å². The molecule has 1 unspecified atom stereocenters. The van der Waals surface area contributed by atoms with Gasteiger partial charge >= 0.3 is 0 Å². The lowest BCUT2D eigenvalue weighted by atomic mass is 9.82. The molecule has 0 aliphatic heterocycles. The zero-order chi connectivity index (χ0) is 16.3. The molecule has 1 aromatic rings. The highest BCUT2D eigenvalue weighted by Gasteiger charge is 2.28. The molecular formula is C18H28ClNO. The van der Waals surface area contributed by atoms with Gasteiger partial charge in [-0.1, -0.05) is 59.7 Å². The van der Waals surface area contributed by atoms with Crippen LogP contribution in [0.4, 0.5) is 0 Å². The van der Waals surface area contributed by atoms with Gasteiger partial charge in [0.15, 0.2) is 0 Å². The van der Waals surface area contributed by atoms with Crippen LogP contribution in [-0.2, 0) is 5.41 Å². The molecule has 0 bridgehead atoms. The molecule has 0 aliphatic rings. The monoisotopic (exact) mass is 309 g/mol. The second-order valence-electron chi connectivity index (χ2n) is 7.67. The third-order valence-electron chi connectivity index (χ3n) is 3.73. The van der Waals surface area contributed by atoms with Gasteiger partial charge in [-0.3, -0.25) is 4.79 Å². The van der Waals surface area contributed by atoms with E-state index in [2.05, 4.69) is 46.9 Å². The summed E-state index contributed by atoms with van der Waals surface area (Å²) in [6.07, 6.45) is 0.772. The van der Waals surface area contributed by atoms with Crippen molar-refractivity contribution in [3.8, 4) is 0 Å². The molecule has 1 aromatic carbocycles. The molecule has 1 amide bonds. The van der Waals surface area contributed by atoms with E-state index in [0.29, 0.717) is 5.88 Å². The van der Waals surface area contributed by atoms with E-state index in [4.69, 9.17) is 11.6 Å². The molecule has 0 saturated heterocycles. The summed E-state index contributed by atoms with van der Waals surface area (Å²) in [5.74, 6) is 0.536. The first kappa shape index (κ1) is 18.0. The Morgan fingerprint density at radius 3 is 2.19 bits per heavy atom. The number of hydrogen-bond donors (Lipinski definition) is 1. The van der Waals surface area contributed by atoms with Crippen LogP contribution in [0.5, 0.6) is 0 Å². The minimum Gasteiger partial charge on any atom is -0.349 e. The van der Waals surface area contributed by atoms with Crippen molar-refractivity contribution in [1.82, 2.24) is 5.32 Å². The van der Waals surface area contributed by atoms with Crippen molar-refractivity contribution in [2.75, 3.05) is 5.88 Å². The fraction of sp³-hybridized carbons (Fsp3) is 0.611. The van der Waals surface area contributed by atoms with Crippen molar-refractivity contribution < 1.29 is 4.79 Å². The lowest BCUT2D eigenvalue weighted by molar-refractivity contribution is 0.0898. The molecule has 0 spiro atoms. The number of hydrogen-bond acceptors (Lipinski definition) is 1. The molecule has 0 aliphatic carbocycles. The maximum atomic E-state index is 12.7. The van der Waals surface area contributed by atoms with Crippen LogP contribution in [-0.4, -0.2) is 17.8 Å². The average molecular weight is 310 g/mol. The maximum absolute atomic E-state index is 12.7. The summed E-state index contributed by atoms with van der Waals surface area (Å²) in [6.45, 7) is 12.7. The van der Waals surface area contributed by atoms with Gasteiger partial charge in [0.25, 0.3) is 5.91 Å². The summed E-state index contributed by atoms with van der Waals surface area (Å²) in [7, 11) is 0. The van der Waals surface area contributed by atoms with E-state index in [-0.39, 0.29) is 22.8 Å². The van der Waals surface area contributed by atoms with Crippen LogP contribution < -0.4 is 5.32 Å². The smallest absolute Gasteiger partial charge is 0.251 e. The molecule has 1 atom stereocenters. The predicted molar refractivity (Wildman–Crippen MR) is 91.2 cm³/mol. The largest absolute Gasteiger partial charge is 0.349 e. The summed E-state index contributed by atoms with van der Waals surface area (Å²) in [6, 6.07) is 7.89. The van der Waals surface area contributed by atoms with Crippen LogP contribution in [0, 0.1) is 5.41 Å². The van der Waals surface area contributed by atoms with E-state index < -0.39 is 0 Å². The van der Waals surface area contributed by atoms with Crippen molar-refractivity contribution in [2.45, 2.75) is 59.4 Å². The summed E-state index contributed by atoms with van der Waals surface area (Å²) in [5, 5.41) is 3.16. The molecular weight excluding hydrogens is 282 g/mol. The van der Waals surface area contributed by atoms with Gasteiger partial charge in [-0.05, 0) is 28.9 Å². The van der Waals surface area contributed by atoms with Crippen molar-refractivity contribution in [2.24, 2.45) is 5.41 Å². The number of benzene rings is 1. The van der Waals surface area contributed by atoms with Crippen LogP contribution in [0.15, 0.2) is 24.3 Å². The van der Waals surface area contributed by atoms with E-state index in [0.717, 1.165) is 17.5 Å². The number of alkyl halides is 1. The van der Waals surface area contributed by atoms with Crippen LogP contribution in [0.1, 0.15) is 63.9 Å². The Labute approximate surface area is 134 Å². The molecule has 118 valence electrons. The predicted octanol–water partition coefficient (Wildman–Crippen LogP) is 4.76. The second kappa shape index (κ2) is 6.83. The standard InChI is InChI=1S/C18H28ClNO/c1-17(2,3)14-10-8-7-9-13(14)16(21)20-15(11-12-19)18(4,5)6/h7-10,15H,11-12H2,1-6H3,(H,20,21). The fourth-order valence-electron chi connectivity index (χ4n) is 2.40. The van der Waals surface area contributed by atoms with Crippen molar-refractivity contribution in [3.05, 3.63) is 35.4 Å². The quantitative estimate of drug-likeness (QED) is 0.798. The Hall–Kier alpha value is -1.02. The van der Waals surface area contributed by atoms with Crippen molar-refractivity contribution >= 4 is 17.5 Å². The minimum absolute atomic E-state index is 0.00873. The van der Waals surface area contributed by atoms with Crippen molar-refractivity contribution in [1.29, 1.82) is 0 Å². The lowest BCUT2D eigenvalue weighted by Gasteiger charge is -2.32. The molecule has 2 nitrogen and oxygen atoms in total. The van der Waals surface area contributed by atoms with Gasteiger partial charge in [0, 0.05) is 17.5 Å². The summed E-state index contributed by atoms with van der Waals surface area (Å²) in [5.41, 5.74) is 1.76. The zero-order valence-electron chi connectivity index (χ0n) is 14.1. The summed E-state index contributed by atoms with van der Waals surface area (Å²) >= 11 is 5.88. The molecule has 0 saturated carbocycles. The van der Waals surface area contributed by atoms with Gasteiger partial charge in [0.2, 0.25) is 0 Å². The van der Waals surface area contributed by atoms with Gasteiger partial charge in [-0.25, -0.2) is 0 Å². The number of rotatable bonds is 4. The Morgan fingerprint density at radius 2 is 1.71 bits per heavy atom. The first-order valence-corrected chi connectivity index (χ1v) is 8.07. The van der Waals surface area contributed by atoms with E-state index in [1.165, 1.54) is 0 Å². The van der Waals surface area contributed by atoms with Crippen LogP contribution >= 0.6 is 11.6 Å². The highest BCUT2D eigenvalue weighted by molar-refractivity contribution is 6.17. The van der Waals surface area contributed by atoms with E-state index in [9.17, 15) is 4.79 Å². The second-order valence-corrected chi connectivity index (χ2v) is 8.04. The summed E-state index contributed by atoms with van der Waals surface area (Å²) < 4.78 is 0. The third-order valence-corrected chi connectivity index (χ3v) is 3.95. The molecule has 1 rings (SSSR count). The Morgan fingerprint density at radius 1 is 1.14 bits per heavy atom. The number of halogens is 1. The minimum atomic E-state index is -0.0579. The molecule has 3 heteroatoms. The van der Waals surface area contributed by atoms with Gasteiger partial charge in [-0.15, -0.1) is 11.6 Å². The maximum Gasteiger partial charge on any atom is 0.251 e. The van der Waals surface area contributed by atoms with Crippen LogP contribution in [0.2, 0.25) is 0 Å². The Kier molecular flexibility index (Phi) is 5.86. The van der Waals surface area contributed by atoms with Gasteiger partial charge in [-0.2, -0.15) is 0 Å². The van der Waals surface area contributed by atoms with Crippen LogP contribution in [0.3, 0.4) is 0 Å². The average Bonchev–Trinajstić information content (AvgIpc) is 2.36. The Balaban J connectivity index is 3.04. The molecule has 0 heterocycles. The highest BCUT2D eigenvalue weighted by Crippen LogP contribution is 2.27. The topological polar surface area (TPSA) is 29.1 Å². The first-order chi connectivity index (χ1) is 9.57. The van der Waals surface area contributed by atoms with Gasteiger partial charge < -0.3 is 5.32 Å². The molecule has 0 aromatic heterocycles.